The molecule has 2 nitrogen and oxygen atoms in total. The number of hydrogen-bond acceptors (Lipinski definition) is 1. The van der Waals surface area contributed by atoms with Crippen molar-refractivity contribution in [1.82, 2.24) is 9.55 Å². The van der Waals surface area contributed by atoms with Crippen LogP contribution in [0, 0.1) is 0 Å². The van der Waals surface area contributed by atoms with Crippen molar-refractivity contribution in [2.45, 2.75) is 19.3 Å². The fourth-order valence-electron chi connectivity index (χ4n) is 7.01. The Bertz CT molecular complexity index is 2780. The van der Waals surface area contributed by atoms with Gasteiger partial charge in [-0.05, 0) is 62.4 Å². The van der Waals surface area contributed by atoms with Crippen LogP contribution in [0.4, 0.5) is 0 Å². The van der Waals surface area contributed by atoms with Crippen LogP contribution in [0.2, 0.25) is 0 Å². The van der Waals surface area contributed by atoms with E-state index in [1.54, 1.807) is 4.57 Å². The van der Waals surface area contributed by atoms with Gasteiger partial charge in [-0.25, -0.2) is 4.98 Å². The summed E-state index contributed by atoms with van der Waals surface area (Å²) in [5.74, 6) is 0.467. The van der Waals surface area contributed by atoms with Gasteiger partial charge in [0.2, 0.25) is 0 Å². The molecule has 1 aliphatic rings. The Morgan fingerprint density at radius 3 is 1.95 bits per heavy atom. The summed E-state index contributed by atoms with van der Waals surface area (Å²) >= 11 is 0. The van der Waals surface area contributed by atoms with E-state index in [1.165, 1.54) is 0 Å². The molecule has 7 aromatic carbocycles. The molecule has 44 heavy (non-hydrogen) atoms. The standard InChI is InChI=1S/C42H30N2/c1-42(2)35-21-11-10-16-29(35)30-25-24-28(26-36(30)42)39-31-17-6-8-19-33(31)40(34-20-9-7-18-32(34)39)44-38-23-13-12-22-37(38)43-41(44)27-14-4-3-5-15-27/h3-26H,1-2H3/i6D,7D,8D,9D,17D,18D,19D,20D. The highest BCUT2D eigenvalue weighted by atomic mass is 15.1. The van der Waals surface area contributed by atoms with E-state index in [0.29, 0.717) is 28.0 Å². The predicted octanol–water partition coefficient (Wildman–Crippen LogP) is 11.0. The quantitative estimate of drug-likeness (QED) is 0.193. The highest BCUT2D eigenvalue weighted by molar-refractivity contribution is 6.19. The SMILES string of the molecule is [2H]c1c([2H])c([2H])c2c(-n3c(-c4ccccc4)nc4ccccc43)c3c([2H])c([2H])c([2H])c([2H])c3c(-c3ccc4c(c3)C(C)(C)c3ccccc3-4)c2c1[2H]. The zero-order valence-electron chi connectivity index (χ0n) is 32.1. The number of rotatable bonds is 3. The summed E-state index contributed by atoms with van der Waals surface area (Å²) in [6.45, 7) is 4.29. The van der Waals surface area contributed by atoms with Crippen LogP contribution in [0.5, 0.6) is 0 Å². The molecule has 0 atom stereocenters. The van der Waals surface area contributed by atoms with Gasteiger partial charge in [0.05, 0.1) is 27.7 Å². The highest BCUT2D eigenvalue weighted by Gasteiger charge is 2.35. The molecule has 0 fully saturated rings. The minimum atomic E-state index is -0.443. The summed E-state index contributed by atoms with van der Waals surface area (Å²) in [4.78, 5) is 4.99. The molecule has 1 heterocycles. The molecule has 0 amide bonds. The number of imidazole rings is 1. The molecule has 0 spiro atoms. The summed E-state index contributed by atoms with van der Waals surface area (Å²) in [5, 5.41) is 0.621. The number of para-hydroxylation sites is 2. The van der Waals surface area contributed by atoms with Gasteiger partial charge in [0.25, 0.3) is 0 Å². The molecule has 1 aliphatic carbocycles. The van der Waals surface area contributed by atoms with Crippen LogP contribution in [0.25, 0.3) is 71.9 Å². The van der Waals surface area contributed by atoms with Crippen LogP contribution in [0.1, 0.15) is 35.9 Å². The monoisotopic (exact) mass is 570 g/mol. The molecule has 208 valence electrons. The first kappa shape index (κ1) is 18.3. The van der Waals surface area contributed by atoms with Crippen LogP contribution in [-0.4, -0.2) is 9.55 Å². The van der Waals surface area contributed by atoms with Gasteiger partial charge < -0.3 is 0 Å². The summed E-state index contributed by atoms with van der Waals surface area (Å²) in [6, 6.07) is 28.0. The Hall–Kier alpha value is -5.47. The lowest BCUT2D eigenvalue weighted by Gasteiger charge is -2.23. The van der Waals surface area contributed by atoms with Crippen LogP contribution in [0.15, 0.2) is 145 Å². The normalized spacial score (nSPS) is 16.0. The molecule has 0 unspecified atom stereocenters. The maximum atomic E-state index is 9.46. The lowest BCUT2D eigenvalue weighted by molar-refractivity contribution is 0.660. The Labute approximate surface area is 268 Å². The van der Waals surface area contributed by atoms with E-state index in [1.807, 2.05) is 84.9 Å². The van der Waals surface area contributed by atoms with Gasteiger partial charge in [-0.3, -0.25) is 4.57 Å². The molecular weight excluding hydrogens is 532 g/mol. The van der Waals surface area contributed by atoms with Crippen molar-refractivity contribution >= 4 is 32.6 Å². The average Bonchev–Trinajstić information content (AvgIpc) is 3.66. The minimum absolute atomic E-state index is 0.141. The van der Waals surface area contributed by atoms with Crippen LogP contribution >= 0.6 is 0 Å². The fourth-order valence-corrected chi connectivity index (χ4v) is 7.01. The topological polar surface area (TPSA) is 17.8 Å². The van der Waals surface area contributed by atoms with Crippen molar-refractivity contribution in [2.75, 3.05) is 0 Å². The molecule has 0 saturated heterocycles. The predicted molar refractivity (Wildman–Crippen MR) is 185 cm³/mol. The molecule has 0 N–H and O–H groups in total. The van der Waals surface area contributed by atoms with E-state index < -0.39 is 29.6 Å². The molecular formula is C42H30N2. The summed E-state index contributed by atoms with van der Waals surface area (Å²) < 4.78 is 75.1. The van der Waals surface area contributed by atoms with E-state index in [0.717, 1.165) is 27.8 Å². The van der Waals surface area contributed by atoms with Gasteiger partial charge in [0.15, 0.2) is 0 Å². The van der Waals surface area contributed by atoms with Gasteiger partial charge in [-0.15, -0.1) is 0 Å². The van der Waals surface area contributed by atoms with Crippen LogP contribution < -0.4 is 0 Å². The number of hydrogen-bond donors (Lipinski definition) is 0. The van der Waals surface area contributed by atoms with Crippen LogP contribution in [-0.2, 0) is 5.41 Å². The molecule has 0 radical (unpaired) electrons. The smallest absolute Gasteiger partial charge is 0.145 e. The first-order valence-corrected chi connectivity index (χ1v) is 14.7. The number of nitrogens with zero attached hydrogens (tertiary/aromatic N) is 2. The minimum Gasteiger partial charge on any atom is -0.291 e. The number of fused-ring (bicyclic) bond motifs is 6. The second kappa shape index (κ2) is 9.26. The van der Waals surface area contributed by atoms with Crippen LogP contribution in [0.3, 0.4) is 0 Å². The summed E-state index contributed by atoms with van der Waals surface area (Å²) in [7, 11) is 0. The average molecular weight is 571 g/mol. The molecule has 2 heteroatoms. The van der Waals surface area contributed by atoms with E-state index in [2.05, 4.69) is 26.0 Å². The third kappa shape index (κ3) is 3.46. The van der Waals surface area contributed by atoms with Crippen molar-refractivity contribution in [1.29, 1.82) is 0 Å². The van der Waals surface area contributed by atoms with Gasteiger partial charge in [0.1, 0.15) is 5.82 Å². The molecule has 8 aromatic rings. The van der Waals surface area contributed by atoms with Crippen molar-refractivity contribution in [3.05, 3.63) is 157 Å². The highest BCUT2D eigenvalue weighted by Crippen LogP contribution is 2.51. The molecule has 0 bridgehead atoms. The second-order valence-corrected chi connectivity index (χ2v) is 11.8. The third-order valence-corrected chi connectivity index (χ3v) is 9.04. The Morgan fingerprint density at radius 1 is 0.591 bits per heavy atom. The first-order valence-electron chi connectivity index (χ1n) is 18.7. The lowest BCUT2D eigenvalue weighted by atomic mass is 9.81. The largest absolute Gasteiger partial charge is 0.291 e. The number of benzene rings is 7. The van der Waals surface area contributed by atoms with E-state index >= 15 is 0 Å². The maximum absolute atomic E-state index is 9.46. The molecule has 9 rings (SSSR count). The molecule has 0 saturated carbocycles. The summed E-state index contributed by atoms with van der Waals surface area (Å²) in [6.07, 6.45) is 0. The summed E-state index contributed by atoms with van der Waals surface area (Å²) in [5.41, 5.74) is 7.05. The van der Waals surface area contributed by atoms with E-state index in [4.69, 9.17) is 10.5 Å². The Kier molecular flexibility index (Phi) is 3.84. The van der Waals surface area contributed by atoms with Crippen molar-refractivity contribution in [2.24, 2.45) is 0 Å². The maximum Gasteiger partial charge on any atom is 0.145 e. The van der Waals surface area contributed by atoms with E-state index in [-0.39, 0.29) is 51.4 Å². The molecule has 1 aromatic heterocycles. The van der Waals surface area contributed by atoms with Crippen molar-refractivity contribution in [3.8, 4) is 39.3 Å². The van der Waals surface area contributed by atoms with Gasteiger partial charge >= 0.3 is 0 Å². The van der Waals surface area contributed by atoms with Gasteiger partial charge in [-0.2, -0.15) is 0 Å². The van der Waals surface area contributed by atoms with E-state index in [9.17, 15) is 5.48 Å². The van der Waals surface area contributed by atoms with Gasteiger partial charge in [-0.1, -0.05) is 141 Å². The van der Waals surface area contributed by atoms with Crippen molar-refractivity contribution in [3.63, 3.8) is 0 Å². The first-order chi connectivity index (χ1) is 24.9. The van der Waals surface area contributed by atoms with Gasteiger partial charge in [0, 0.05) is 21.8 Å². The number of aromatic nitrogens is 2. The Balaban J connectivity index is 1.55. The second-order valence-electron chi connectivity index (χ2n) is 11.8. The Morgan fingerprint density at radius 2 is 1.20 bits per heavy atom. The van der Waals surface area contributed by atoms with Crippen molar-refractivity contribution < 1.29 is 11.0 Å². The zero-order chi connectivity index (χ0) is 36.4. The lowest BCUT2D eigenvalue weighted by Crippen LogP contribution is -2.14. The molecule has 0 aliphatic heterocycles. The zero-order valence-corrected chi connectivity index (χ0v) is 24.1. The third-order valence-electron chi connectivity index (χ3n) is 9.04. The fraction of sp³-hybridized carbons (Fsp3) is 0.0714.